The smallest absolute Gasteiger partial charge is 0.244 e. The van der Waals surface area contributed by atoms with Crippen LogP contribution in [-0.4, -0.2) is 50.5 Å². The van der Waals surface area contributed by atoms with Crippen LogP contribution in [0.15, 0.2) is 48.5 Å². The molecule has 10 heteroatoms. The second-order valence-electron chi connectivity index (χ2n) is 8.21. The highest BCUT2D eigenvalue weighted by Gasteiger charge is 2.30. The maximum Gasteiger partial charge on any atom is 0.244 e. The van der Waals surface area contributed by atoms with E-state index in [1.165, 1.54) is 41.3 Å². The van der Waals surface area contributed by atoms with E-state index >= 15 is 0 Å². The summed E-state index contributed by atoms with van der Waals surface area (Å²) in [5.41, 5.74) is 0.687. The van der Waals surface area contributed by atoms with Gasteiger partial charge in [0, 0.05) is 13.1 Å². The van der Waals surface area contributed by atoms with Gasteiger partial charge in [0.1, 0.15) is 24.2 Å². The fraction of sp³-hybridized carbons (Fsp3) is 0.391. The molecule has 1 atom stereocenters. The zero-order valence-electron chi connectivity index (χ0n) is 19.1. The van der Waals surface area contributed by atoms with Crippen molar-refractivity contribution in [3.63, 3.8) is 0 Å². The second kappa shape index (κ2) is 11.2. The highest BCUT2D eigenvalue weighted by Crippen LogP contribution is 2.19. The molecule has 0 radical (unpaired) electrons. The van der Waals surface area contributed by atoms with Crippen LogP contribution < -0.4 is 9.62 Å². The predicted molar refractivity (Wildman–Crippen MR) is 123 cm³/mol. The van der Waals surface area contributed by atoms with E-state index in [1.54, 1.807) is 6.92 Å². The molecule has 1 N–H and O–H groups in total. The lowest BCUT2D eigenvalue weighted by Crippen LogP contribution is -2.51. The summed E-state index contributed by atoms with van der Waals surface area (Å²) in [5.74, 6) is -1.83. The molecule has 33 heavy (non-hydrogen) atoms. The number of anilines is 1. The lowest BCUT2D eigenvalue weighted by Gasteiger charge is -2.31. The van der Waals surface area contributed by atoms with Gasteiger partial charge in [-0.2, -0.15) is 0 Å². The molecule has 0 spiro atoms. The molecule has 0 aliphatic heterocycles. The standard InChI is InChI=1S/C23H29F2N3O4S/c1-16(2)13-26-23(30)17(3)27(14-18-5-7-19(24)8-6-18)22(29)15-28(33(4,31)32)21-11-9-20(25)10-12-21/h5-12,16-17H,13-15H2,1-4H3,(H,26,30)/t17-/m0/s1. The van der Waals surface area contributed by atoms with E-state index in [9.17, 15) is 26.8 Å². The van der Waals surface area contributed by atoms with Crippen molar-refractivity contribution in [2.45, 2.75) is 33.4 Å². The molecule has 0 aliphatic carbocycles. The molecule has 0 bridgehead atoms. The Bertz CT molecular complexity index is 1060. The Morgan fingerprint density at radius 3 is 1.94 bits per heavy atom. The van der Waals surface area contributed by atoms with Gasteiger partial charge in [-0.15, -0.1) is 0 Å². The van der Waals surface area contributed by atoms with Gasteiger partial charge >= 0.3 is 0 Å². The molecule has 0 unspecified atom stereocenters. The van der Waals surface area contributed by atoms with E-state index in [0.717, 1.165) is 22.7 Å². The first-order valence-corrected chi connectivity index (χ1v) is 12.3. The average Bonchev–Trinajstić information content (AvgIpc) is 2.74. The number of rotatable bonds is 10. The minimum absolute atomic E-state index is 0.0314. The summed E-state index contributed by atoms with van der Waals surface area (Å²) in [5, 5.41) is 2.77. The van der Waals surface area contributed by atoms with Crippen LogP contribution in [-0.2, 0) is 26.2 Å². The van der Waals surface area contributed by atoms with Crippen LogP contribution in [0.3, 0.4) is 0 Å². The molecular weight excluding hydrogens is 452 g/mol. The number of carbonyl (C=O) groups is 2. The van der Waals surface area contributed by atoms with Gasteiger partial charge in [-0.3, -0.25) is 13.9 Å². The number of sulfonamides is 1. The Balaban J connectivity index is 2.34. The number of hydrogen-bond acceptors (Lipinski definition) is 4. The SMILES string of the molecule is CC(C)CNC(=O)[C@H](C)N(Cc1ccc(F)cc1)C(=O)CN(c1ccc(F)cc1)S(C)(=O)=O. The van der Waals surface area contributed by atoms with Gasteiger partial charge in [0.15, 0.2) is 0 Å². The Kier molecular flexibility index (Phi) is 8.92. The normalized spacial score (nSPS) is 12.3. The topological polar surface area (TPSA) is 86.8 Å². The number of hydrogen-bond donors (Lipinski definition) is 1. The van der Waals surface area contributed by atoms with Crippen LogP contribution in [0.25, 0.3) is 0 Å². The van der Waals surface area contributed by atoms with Crippen LogP contribution >= 0.6 is 0 Å². The lowest BCUT2D eigenvalue weighted by molar-refractivity contribution is -0.139. The van der Waals surface area contributed by atoms with E-state index < -0.39 is 46.1 Å². The summed E-state index contributed by atoms with van der Waals surface area (Å²) in [4.78, 5) is 27.2. The van der Waals surface area contributed by atoms with Crippen molar-refractivity contribution < 1.29 is 26.8 Å². The average molecular weight is 482 g/mol. The molecular formula is C23H29F2N3O4S. The summed E-state index contributed by atoms with van der Waals surface area (Å²) in [6.45, 7) is 5.19. The highest BCUT2D eigenvalue weighted by atomic mass is 32.2. The summed E-state index contributed by atoms with van der Waals surface area (Å²) >= 11 is 0. The maximum absolute atomic E-state index is 13.3. The Labute approximate surface area is 193 Å². The van der Waals surface area contributed by atoms with Crippen LogP contribution in [0.5, 0.6) is 0 Å². The first kappa shape index (κ1) is 26.2. The molecule has 2 rings (SSSR count). The van der Waals surface area contributed by atoms with Crippen molar-refractivity contribution in [1.29, 1.82) is 0 Å². The first-order chi connectivity index (χ1) is 15.4. The zero-order valence-corrected chi connectivity index (χ0v) is 19.9. The molecule has 0 saturated heterocycles. The van der Waals surface area contributed by atoms with Crippen molar-refractivity contribution in [2.75, 3.05) is 23.7 Å². The minimum atomic E-state index is -3.89. The van der Waals surface area contributed by atoms with E-state index in [-0.39, 0.29) is 18.2 Å². The summed E-state index contributed by atoms with van der Waals surface area (Å²) < 4.78 is 52.3. The first-order valence-electron chi connectivity index (χ1n) is 10.4. The van der Waals surface area contributed by atoms with Gasteiger partial charge in [-0.05, 0) is 54.8 Å². The van der Waals surface area contributed by atoms with E-state index in [1.807, 2.05) is 13.8 Å². The maximum atomic E-state index is 13.3. The fourth-order valence-electron chi connectivity index (χ4n) is 3.04. The number of nitrogens with one attached hydrogen (secondary N) is 1. The van der Waals surface area contributed by atoms with Crippen LogP contribution in [0.1, 0.15) is 26.3 Å². The third kappa shape index (κ3) is 7.81. The molecule has 2 aromatic rings. The molecule has 2 amide bonds. The monoisotopic (exact) mass is 481 g/mol. The second-order valence-corrected chi connectivity index (χ2v) is 10.1. The molecule has 0 saturated carbocycles. The number of benzene rings is 2. The van der Waals surface area contributed by atoms with Gasteiger partial charge in [-0.1, -0.05) is 26.0 Å². The predicted octanol–water partition coefficient (Wildman–Crippen LogP) is 2.92. The molecule has 0 aromatic heterocycles. The Hall–Kier alpha value is -3.01. The molecule has 0 heterocycles. The van der Waals surface area contributed by atoms with Crippen molar-refractivity contribution >= 4 is 27.5 Å². The molecule has 2 aromatic carbocycles. The van der Waals surface area contributed by atoms with Gasteiger partial charge in [-0.25, -0.2) is 17.2 Å². The minimum Gasteiger partial charge on any atom is -0.354 e. The van der Waals surface area contributed by atoms with Gasteiger partial charge in [0.2, 0.25) is 21.8 Å². The molecule has 180 valence electrons. The fourth-order valence-corrected chi connectivity index (χ4v) is 3.89. The molecule has 0 fully saturated rings. The van der Waals surface area contributed by atoms with Crippen molar-refractivity contribution in [2.24, 2.45) is 5.92 Å². The number of carbonyl (C=O) groups excluding carboxylic acids is 2. The van der Waals surface area contributed by atoms with Gasteiger partial charge in [0.05, 0.1) is 11.9 Å². The van der Waals surface area contributed by atoms with Crippen LogP contribution in [0.2, 0.25) is 0 Å². The third-order valence-corrected chi connectivity index (χ3v) is 6.05. The van der Waals surface area contributed by atoms with Crippen molar-refractivity contribution in [1.82, 2.24) is 10.2 Å². The zero-order chi connectivity index (χ0) is 24.8. The Morgan fingerprint density at radius 2 is 1.45 bits per heavy atom. The third-order valence-electron chi connectivity index (χ3n) is 4.91. The Morgan fingerprint density at radius 1 is 0.939 bits per heavy atom. The van der Waals surface area contributed by atoms with Gasteiger partial charge in [0.25, 0.3) is 0 Å². The highest BCUT2D eigenvalue weighted by molar-refractivity contribution is 7.92. The molecule has 7 nitrogen and oxygen atoms in total. The van der Waals surface area contributed by atoms with E-state index in [2.05, 4.69) is 5.32 Å². The lowest BCUT2D eigenvalue weighted by atomic mass is 10.1. The van der Waals surface area contributed by atoms with Crippen molar-refractivity contribution in [3.05, 3.63) is 65.7 Å². The number of nitrogens with zero attached hydrogens (tertiary/aromatic N) is 2. The summed E-state index contributed by atoms with van der Waals surface area (Å²) in [7, 11) is -3.89. The van der Waals surface area contributed by atoms with Crippen LogP contribution in [0.4, 0.5) is 14.5 Å². The van der Waals surface area contributed by atoms with E-state index in [0.29, 0.717) is 12.1 Å². The number of halogens is 2. The van der Waals surface area contributed by atoms with Crippen molar-refractivity contribution in [3.8, 4) is 0 Å². The van der Waals surface area contributed by atoms with E-state index in [4.69, 9.17) is 0 Å². The van der Waals surface area contributed by atoms with Gasteiger partial charge < -0.3 is 10.2 Å². The van der Waals surface area contributed by atoms with Crippen LogP contribution in [0, 0.1) is 17.6 Å². The summed E-state index contributed by atoms with van der Waals surface area (Å²) in [6, 6.07) is 9.24. The number of amides is 2. The quantitative estimate of drug-likeness (QED) is 0.565. The molecule has 0 aliphatic rings. The summed E-state index contributed by atoms with van der Waals surface area (Å²) in [6.07, 6.45) is 0.937. The largest absolute Gasteiger partial charge is 0.354 e.